The van der Waals surface area contributed by atoms with Crippen molar-refractivity contribution in [2.24, 2.45) is 0 Å². The highest BCUT2D eigenvalue weighted by Crippen LogP contribution is 2.06. The van der Waals surface area contributed by atoms with Crippen LogP contribution < -0.4 is 5.32 Å². The zero-order chi connectivity index (χ0) is 12.9. The van der Waals surface area contributed by atoms with Crippen LogP contribution in [0.15, 0.2) is 11.1 Å². The molecule has 0 aromatic carbocycles. The highest BCUT2D eigenvalue weighted by Gasteiger charge is 2.17. The van der Waals surface area contributed by atoms with Gasteiger partial charge in [-0.25, -0.2) is 4.79 Å². The van der Waals surface area contributed by atoms with Crippen molar-refractivity contribution in [3.05, 3.63) is 11.1 Å². The van der Waals surface area contributed by atoms with Gasteiger partial charge in [0.1, 0.15) is 0 Å². The second kappa shape index (κ2) is 5.89. The van der Waals surface area contributed by atoms with Crippen molar-refractivity contribution in [2.45, 2.75) is 13.8 Å². The van der Waals surface area contributed by atoms with E-state index in [0.717, 1.165) is 0 Å². The molecule has 0 atom stereocenters. The first-order valence-electron chi connectivity index (χ1n) is 4.68. The molecule has 6 nitrogen and oxygen atoms in total. The first-order valence-corrected chi connectivity index (χ1v) is 4.68. The summed E-state index contributed by atoms with van der Waals surface area (Å²) in [5.41, 5.74) is 0.104. The summed E-state index contributed by atoms with van der Waals surface area (Å²) in [6, 6.07) is 0. The molecule has 0 heterocycles. The lowest BCUT2D eigenvalue weighted by Crippen LogP contribution is -2.37. The lowest BCUT2D eigenvalue weighted by Gasteiger charge is -2.17. The van der Waals surface area contributed by atoms with E-state index >= 15 is 0 Å². The first kappa shape index (κ1) is 14.2. The largest absolute Gasteiger partial charge is 0.478 e. The molecule has 0 aromatic heterocycles. The van der Waals surface area contributed by atoms with Crippen molar-refractivity contribution < 1.29 is 19.5 Å². The number of nitrogens with zero attached hydrogens (tertiary/aromatic N) is 1. The minimum absolute atomic E-state index is 0.0197. The van der Waals surface area contributed by atoms with E-state index in [1.54, 1.807) is 0 Å². The summed E-state index contributed by atoms with van der Waals surface area (Å²) in [5.74, 6) is -1.92. The first-order chi connectivity index (χ1) is 7.31. The van der Waals surface area contributed by atoms with Gasteiger partial charge in [0.2, 0.25) is 11.8 Å². The third kappa shape index (κ3) is 3.72. The van der Waals surface area contributed by atoms with Crippen LogP contribution in [0.3, 0.4) is 0 Å². The molecule has 0 spiro atoms. The van der Waals surface area contributed by atoms with Gasteiger partial charge in [0.15, 0.2) is 0 Å². The molecule has 0 unspecified atom stereocenters. The fraction of sp³-hybridized carbons (Fsp3) is 0.500. The van der Waals surface area contributed by atoms with Gasteiger partial charge < -0.3 is 15.3 Å². The third-order valence-electron chi connectivity index (χ3n) is 2.21. The van der Waals surface area contributed by atoms with Gasteiger partial charge in [-0.3, -0.25) is 9.59 Å². The van der Waals surface area contributed by atoms with Crippen LogP contribution in [0, 0.1) is 0 Å². The monoisotopic (exact) mass is 228 g/mol. The molecule has 0 aliphatic rings. The number of hydrogen-bond donors (Lipinski definition) is 2. The molecule has 6 heteroatoms. The third-order valence-corrected chi connectivity index (χ3v) is 2.21. The van der Waals surface area contributed by atoms with Crippen LogP contribution in [-0.4, -0.2) is 48.4 Å². The zero-order valence-electron chi connectivity index (χ0n) is 9.83. The molecular weight excluding hydrogens is 212 g/mol. The lowest BCUT2D eigenvalue weighted by molar-refractivity contribution is -0.134. The Morgan fingerprint density at radius 1 is 1.19 bits per heavy atom. The topological polar surface area (TPSA) is 86.7 Å². The van der Waals surface area contributed by atoms with Crippen LogP contribution >= 0.6 is 0 Å². The Morgan fingerprint density at radius 2 is 1.69 bits per heavy atom. The number of carbonyl (C=O) groups excluding carboxylic acids is 2. The smallest absolute Gasteiger partial charge is 0.331 e. The molecular formula is C10H16N2O4. The lowest BCUT2D eigenvalue weighted by atomic mass is 10.1. The number of nitrogens with one attached hydrogen (secondary N) is 1. The molecule has 0 bridgehead atoms. The Bertz CT molecular complexity index is 347. The van der Waals surface area contributed by atoms with Gasteiger partial charge in [0.25, 0.3) is 0 Å². The van der Waals surface area contributed by atoms with Crippen molar-refractivity contribution in [3.8, 4) is 0 Å². The second-order valence-electron chi connectivity index (χ2n) is 3.39. The highest BCUT2D eigenvalue weighted by atomic mass is 16.4. The fourth-order valence-electron chi connectivity index (χ4n) is 0.973. The molecule has 0 saturated carbocycles. The van der Waals surface area contributed by atoms with Crippen LogP contribution in [0.2, 0.25) is 0 Å². The molecule has 2 amide bonds. The van der Waals surface area contributed by atoms with Gasteiger partial charge in [-0.1, -0.05) is 0 Å². The van der Waals surface area contributed by atoms with Crippen molar-refractivity contribution >= 4 is 17.8 Å². The Hall–Kier alpha value is -1.85. The van der Waals surface area contributed by atoms with E-state index < -0.39 is 11.9 Å². The summed E-state index contributed by atoms with van der Waals surface area (Å²) in [6.07, 6.45) is 0. The van der Waals surface area contributed by atoms with Crippen molar-refractivity contribution in [1.82, 2.24) is 10.2 Å². The predicted octanol–water partition coefficient (Wildman–Crippen LogP) is -0.388. The maximum absolute atomic E-state index is 11.7. The average Bonchev–Trinajstić information content (AvgIpc) is 2.25. The van der Waals surface area contributed by atoms with Gasteiger partial charge in [0, 0.05) is 25.2 Å². The minimum atomic E-state index is -1.14. The summed E-state index contributed by atoms with van der Waals surface area (Å²) in [6.45, 7) is 2.68. The van der Waals surface area contributed by atoms with Gasteiger partial charge in [-0.05, 0) is 13.8 Å². The molecule has 0 aliphatic carbocycles. The predicted molar refractivity (Wildman–Crippen MR) is 57.7 cm³/mol. The quantitative estimate of drug-likeness (QED) is 0.642. The Balaban J connectivity index is 4.75. The second-order valence-corrected chi connectivity index (χ2v) is 3.39. The number of carbonyl (C=O) groups is 3. The maximum atomic E-state index is 11.7. The van der Waals surface area contributed by atoms with Gasteiger partial charge in [-0.2, -0.15) is 0 Å². The molecule has 0 rings (SSSR count). The van der Waals surface area contributed by atoms with Crippen LogP contribution in [0.1, 0.15) is 13.8 Å². The van der Waals surface area contributed by atoms with Gasteiger partial charge in [-0.15, -0.1) is 0 Å². The Labute approximate surface area is 93.9 Å². The number of amides is 2. The summed E-state index contributed by atoms with van der Waals surface area (Å²) >= 11 is 0. The van der Waals surface area contributed by atoms with E-state index in [4.69, 9.17) is 5.11 Å². The number of aliphatic carboxylic acids is 1. The number of carboxylic acids is 1. The van der Waals surface area contributed by atoms with Crippen LogP contribution in [0.4, 0.5) is 0 Å². The van der Waals surface area contributed by atoms with Crippen molar-refractivity contribution in [2.75, 3.05) is 20.6 Å². The Morgan fingerprint density at radius 3 is 2.06 bits per heavy atom. The van der Waals surface area contributed by atoms with Gasteiger partial charge in [0.05, 0.1) is 6.54 Å². The molecule has 0 saturated heterocycles. The van der Waals surface area contributed by atoms with E-state index in [1.165, 1.54) is 32.8 Å². The van der Waals surface area contributed by atoms with E-state index in [2.05, 4.69) is 5.32 Å². The minimum Gasteiger partial charge on any atom is -0.478 e. The number of carboxylic acid groups (broad SMARTS) is 1. The van der Waals surface area contributed by atoms with E-state index in [0.29, 0.717) is 0 Å². The van der Waals surface area contributed by atoms with Crippen LogP contribution in [-0.2, 0) is 14.4 Å². The van der Waals surface area contributed by atoms with E-state index in [-0.39, 0.29) is 23.6 Å². The normalized spacial score (nSPS) is 11.5. The molecule has 90 valence electrons. The molecule has 0 radical (unpaired) electrons. The van der Waals surface area contributed by atoms with E-state index in [1.807, 2.05) is 0 Å². The zero-order valence-corrected chi connectivity index (χ0v) is 9.83. The standard InChI is InChI=1S/C10H16N2O4/c1-6(7(2)10(15)16)9(14)12(4)5-8(13)11-3/h5H2,1-4H3,(H,11,13)(H,15,16). The van der Waals surface area contributed by atoms with Crippen LogP contribution in [0.25, 0.3) is 0 Å². The number of rotatable bonds is 4. The summed E-state index contributed by atoms with van der Waals surface area (Å²) in [4.78, 5) is 34.5. The maximum Gasteiger partial charge on any atom is 0.331 e. The molecule has 16 heavy (non-hydrogen) atoms. The molecule has 0 aromatic rings. The number of likely N-dealkylation sites (N-methyl/N-ethyl adjacent to an activating group) is 2. The average molecular weight is 228 g/mol. The Kier molecular flexibility index (Phi) is 5.21. The summed E-state index contributed by atoms with van der Waals surface area (Å²) in [5, 5.41) is 11.1. The fourth-order valence-corrected chi connectivity index (χ4v) is 0.973. The van der Waals surface area contributed by atoms with Crippen molar-refractivity contribution in [3.63, 3.8) is 0 Å². The highest BCUT2D eigenvalue weighted by molar-refractivity contribution is 6.02. The molecule has 0 aliphatic heterocycles. The summed E-state index contributed by atoms with van der Waals surface area (Å²) < 4.78 is 0. The summed E-state index contributed by atoms with van der Waals surface area (Å²) in [7, 11) is 2.90. The van der Waals surface area contributed by atoms with Gasteiger partial charge >= 0.3 is 5.97 Å². The SMILES string of the molecule is CNC(=O)CN(C)C(=O)C(C)=C(C)C(=O)O. The van der Waals surface area contributed by atoms with Crippen molar-refractivity contribution in [1.29, 1.82) is 0 Å². The number of hydrogen-bond acceptors (Lipinski definition) is 3. The van der Waals surface area contributed by atoms with E-state index in [9.17, 15) is 14.4 Å². The molecule has 0 fully saturated rings. The van der Waals surface area contributed by atoms with Crippen LogP contribution in [0.5, 0.6) is 0 Å². The molecule has 2 N–H and O–H groups in total.